The molecule has 2 heterocycles. The largest absolute Gasteiger partial charge is 0.456 e. The van der Waals surface area contributed by atoms with E-state index < -0.39 is 0 Å². The van der Waals surface area contributed by atoms with Crippen LogP contribution in [0.2, 0.25) is 0 Å². The van der Waals surface area contributed by atoms with E-state index in [0.29, 0.717) is 0 Å². The zero-order valence-corrected chi connectivity index (χ0v) is 30.1. The first-order chi connectivity index (χ1) is 26.0. The van der Waals surface area contributed by atoms with E-state index >= 15 is 0 Å². The molecule has 0 saturated heterocycles. The van der Waals surface area contributed by atoms with Gasteiger partial charge in [-0.1, -0.05) is 117 Å². The van der Waals surface area contributed by atoms with Gasteiger partial charge in [0.15, 0.2) is 0 Å². The van der Waals surface area contributed by atoms with Crippen molar-refractivity contribution in [3.8, 4) is 33.4 Å². The van der Waals surface area contributed by atoms with Gasteiger partial charge in [-0.15, -0.1) is 11.3 Å². The van der Waals surface area contributed by atoms with Gasteiger partial charge in [-0.2, -0.15) is 0 Å². The lowest BCUT2D eigenvalue weighted by Gasteiger charge is -2.22. The lowest BCUT2D eigenvalue weighted by molar-refractivity contribution is 0.661. The molecule has 1 nitrogen and oxygen atoms in total. The lowest BCUT2D eigenvalue weighted by Crippen LogP contribution is -2.14. The third kappa shape index (κ3) is 4.02. The Labute approximate surface area is 310 Å². The number of fused-ring (bicyclic) bond motifs is 12. The first-order valence-corrected chi connectivity index (χ1v) is 19.2. The maximum Gasteiger partial charge on any atom is 0.136 e. The fourth-order valence-electron chi connectivity index (χ4n) is 9.50. The average Bonchev–Trinajstić information content (AvgIpc) is 3.81. The molecule has 2 aromatic heterocycles. The molecular formula is C51H32OS. The standard InChI is InChI=1S/C51H32OS/c1-51(2)43-22-20-29(23-40(43)41-24-31-25-42-35-12-8-10-18-47(35)53-48(42)28-32(31)26-44(41)51)49-36-13-3-5-15-38(36)50(39-16-6-4-14-37(39)49)30-19-21-34-33-11-7-9-17-45(33)52-46(34)27-30/h3-28H,1-2H3. The van der Waals surface area contributed by atoms with E-state index in [4.69, 9.17) is 4.42 Å². The fraction of sp³-hybridized carbons (Fsp3) is 0.0588. The van der Waals surface area contributed by atoms with Crippen LogP contribution in [0.1, 0.15) is 25.0 Å². The maximum atomic E-state index is 6.38. The third-order valence-corrected chi connectivity index (χ3v) is 13.1. The predicted molar refractivity (Wildman–Crippen MR) is 228 cm³/mol. The molecule has 11 aromatic rings. The first kappa shape index (κ1) is 29.4. The molecule has 2 heteroatoms. The lowest BCUT2D eigenvalue weighted by atomic mass is 9.81. The van der Waals surface area contributed by atoms with Gasteiger partial charge in [0.25, 0.3) is 0 Å². The summed E-state index contributed by atoms with van der Waals surface area (Å²) in [5.74, 6) is 0. The summed E-state index contributed by atoms with van der Waals surface area (Å²) in [6.45, 7) is 4.78. The summed E-state index contributed by atoms with van der Waals surface area (Å²) in [5.41, 5.74) is 12.2. The minimum Gasteiger partial charge on any atom is -0.456 e. The van der Waals surface area contributed by atoms with Crippen LogP contribution in [0.3, 0.4) is 0 Å². The highest BCUT2D eigenvalue weighted by Gasteiger charge is 2.36. The number of hydrogen-bond donors (Lipinski definition) is 0. The molecule has 0 amide bonds. The monoisotopic (exact) mass is 692 g/mol. The smallest absolute Gasteiger partial charge is 0.136 e. The van der Waals surface area contributed by atoms with Crippen molar-refractivity contribution in [2.75, 3.05) is 0 Å². The summed E-state index contributed by atoms with van der Waals surface area (Å²) in [6.07, 6.45) is 0. The number of rotatable bonds is 2. The van der Waals surface area contributed by atoms with Gasteiger partial charge < -0.3 is 4.42 Å². The molecule has 9 aromatic carbocycles. The van der Waals surface area contributed by atoms with Crippen molar-refractivity contribution in [1.82, 2.24) is 0 Å². The highest BCUT2D eigenvalue weighted by molar-refractivity contribution is 7.25. The predicted octanol–water partition coefficient (Wildman–Crippen LogP) is 15.1. The molecule has 0 bridgehead atoms. The number of benzene rings is 9. The van der Waals surface area contributed by atoms with Crippen LogP contribution in [0.4, 0.5) is 0 Å². The topological polar surface area (TPSA) is 13.1 Å². The minimum absolute atomic E-state index is 0.101. The molecule has 0 fully saturated rings. The summed E-state index contributed by atoms with van der Waals surface area (Å²) < 4.78 is 9.09. The van der Waals surface area contributed by atoms with Crippen LogP contribution in [0.5, 0.6) is 0 Å². The van der Waals surface area contributed by atoms with Crippen molar-refractivity contribution in [1.29, 1.82) is 0 Å². The molecule has 53 heavy (non-hydrogen) atoms. The molecule has 0 N–H and O–H groups in total. The minimum atomic E-state index is -0.101. The molecule has 248 valence electrons. The molecule has 12 rings (SSSR count). The first-order valence-electron chi connectivity index (χ1n) is 18.4. The van der Waals surface area contributed by atoms with Gasteiger partial charge in [-0.25, -0.2) is 0 Å². The van der Waals surface area contributed by atoms with Crippen LogP contribution in [0.25, 0.3) is 108 Å². The van der Waals surface area contributed by atoms with E-state index in [1.807, 2.05) is 17.4 Å². The van der Waals surface area contributed by atoms with Crippen LogP contribution in [-0.2, 0) is 5.41 Å². The van der Waals surface area contributed by atoms with E-state index in [9.17, 15) is 0 Å². The van der Waals surface area contributed by atoms with Crippen molar-refractivity contribution in [2.45, 2.75) is 19.3 Å². The Kier molecular flexibility index (Phi) is 5.78. The van der Waals surface area contributed by atoms with Crippen molar-refractivity contribution in [2.24, 2.45) is 0 Å². The number of hydrogen-bond acceptors (Lipinski definition) is 2. The van der Waals surface area contributed by atoms with Crippen LogP contribution in [0, 0.1) is 0 Å². The molecule has 0 radical (unpaired) electrons. The van der Waals surface area contributed by atoms with Crippen molar-refractivity contribution >= 4 is 85.8 Å². The summed E-state index contributed by atoms with van der Waals surface area (Å²) in [6, 6.07) is 58.7. The van der Waals surface area contributed by atoms with Crippen LogP contribution >= 0.6 is 11.3 Å². The second-order valence-electron chi connectivity index (χ2n) is 15.2. The fourth-order valence-corrected chi connectivity index (χ4v) is 10.6. The van der Waals surface area contributed by atoms with Crippen molar-refractivity contribution in [3.05, 3.63) is 169 Å². The van der Waals surface area contributed by atoms with Crippen LogP contribution in [0.15, 0.2) is 162 Å². The summed E-state index contributed by atoms with van der Waals surface area (Å²) in [5, 5.41) is 12.6. The van der Waals surface area contributed by atoms with Gasteiger partial charge in [0.1, 0.15) is 11.2 Å². The number of furan rings is 1. The van der Waals surface area contributed by atoms with E-state index in [0.717, 1.165) is 21.9 Å². The summed E-state index contributed by atoms with van der Waals surface area (Å²) in [7, 11) is 0. The van der Waals surface area contributed by atoms with E-state index in [2.05, 4.69) is 166 Å². The van der Waals surface area contributed by atoms with Gasteiger partial charge in [-0.05, 0) is 131 Å². The Morgan fingerprint density at radius 1 is 0.396 bits per heavy atom. The van der Waals surface area contributed by atoms with Gasteiger partial charge in [-0.3, -0.25) is 0 Å². The Morgan fingerprint density at radius 2 is 0.962 bits per heavy atom. The van der Waals surface area contributed by atoms with Gasteiger partial charge >= 0.3 is 0 Å². The van der Waals surface area contributed by atoms with Crippen molar-refractivity contribution in [3.63, 3.8) is 0 Å². The normalized spacial score (nSPS) is 13.6. The zero-order chi connectivity index (χ0) is 35.0. The number of para-hydroxylation sites is 1. The van der Waals surface area contributed by atoms with Gasteiger partial charge in [0, 0.05) is 36.4 Å². The molecule has 1 aliphatic carbocycles. The quantitative estimate of drug-likeness (QED) is 0.164. The van der Waals surface area contributed by atoms with E-state index in [1.165, 1.54) is 97.0 Å². The zero-order valence-electron chi connectivity index (χ0n) is 29.3. The van der Waals surface area contributed by atoms with Gasteiger partial charge in [0.05, 0.1) is 0 Å². The third-order valence-electron chi connectivity index (χ3n) is 12.0. The molecular weight excluding hydrogens is 661 g/mol. The maximum absolute atomic E-state index is 6.38. The van der Waals surface area contributed by atoms with E-state index in [-0.39, 0.29) is 5.41 Å². The molecule has 0 unspecified atom stereocenters. The highest BCUT2D eigenvalue weighted by atomic mass is 32.1. The van der Waals surface area contributed by atoms with Gasteiger partial charge in [0.2, 0.25) is 0 Å². The Bertz CT molecular complexity index is 3320. The molecule has 0 aliphatic heterocycles. The average molecular weight is 693 g/mol. The van der Waals surface area contributed by atoms with Crippen LogP contribution < -0.4 is 0 Å². The molecule has 0 spiro atoms. The second-order valence-corrected chi connectivity index (χ2v) is 16.3. The molecule has 1 aliphatic rings. The second kappa shape index (κ2) is 10.4. The summed E-state index contributed by atoms with van der Waals surface area (Å²) >= 11 is 1.89. The van der Waals surface area contributed by atoms with Crippen molar-refractivity contribution < 1.29 is 4.42 Å². The SMILES string of the molecule is CC1(C)c2ccc(-c3c4ccccc4c(-c4ccc5c(c4)oc4ccccc45)c4ccccc34)cc2-c2cc3cc4c(cc3cc21)sc1ccccc14. The molecule has 0 saturated carbocycles. The number of thiophene rings is 1. The van der Waals surface area contributed by atoms with E-state index in [1.54, 1.807) is 0 Å². The highest BCUT2D eigenvalue weighted by Crippen LogP contribution is 2.53. The Morgan fingerprint density at radius 3 is 1.70 bits per heavy atom. The Balaban J connectivity index is 1.09. The molecule has 0 atom stereocenters. The van der Waals surface area contributed by atoms with Crippen LogP contribution in [-0.4, -0.2) is 0 Å². The Hall–Kier alpha value is -6.22. The summed E-state index contributed by atoms with van der Waals surface area (Å²) in [4.78, 5) is 0.